The molecule has 0 aliphatic heterocycles. The summed E-state index contributed by atoms with van der Waals surface area (Å²) in [6, 6.07) is 20.6. The van der Waals surface area contributed by atoms with Gasteiger partial charge in [0.25, 0.3) is 5.91 Å². The molecule has 0 saturated carbocycles. The van der Waals surface area contributed by atoms with Gasteiger partial charge in [-0.05, 0) is 25.1 Å². The standard InChI is InChI=1S/C23H17N5O2/c1-15-21(26-23-24-11-6-12-28(15)23)17-9-5-10-18(13-17)25-22(29)19-14-20(30-27-19)16-7-3-2-4-8-16/h2-14H,1H3,(H,25,29). The number of hydrogen-bond acceptors (Lipinski definition) is 5. The Bertz CT molecular complexity index is 1350. The Balaban J connectivity index is 1.40. The van der Waals surface area contributed by atoms with Crippen molar-refractivity contribution in [3.63, 3.8) is 0 Å². The Morgan fingerprint density at radius 1 is 1.00 bits per heavy atom. The van der Waals surface area contributed by atoms with Crippen LogP contribution in [-0.2, 0) is 0 Å². The lowest BCUT2D eigenvalue weighted by Gasteiger charge is -2.05. The van der Waals surface area contributed by atoms with Crippen molar-refractivity contribution in [2.45, 2.75) is 6.92 Å². The minimum absolute atomic E-state index is 0.215. The number of anilines is 1. The van der Waals surface area contributed by atoms with E-state index in [2.05, 4.69) is 20.4 Å². The van der Waals surface area contributed by atoms with Crippen molar-refractivity contribution in [2.75, 3.05) is 5.32 Å². The summed E-state index contributed by atoms with van der Waals surface area (Å²) < 4.78 is 7.25. The van der Waals surface area contributed by atoms with Crippen LogP contribution in [-0.4, -0.2) is 25.4 Å². The maximum Gasteiger partial charge on any atom is 0.277 e. The molecule has 1 N–H and O–H groups in total. The van der Waals surface area contributed by atoms with E-state index < -0.39 is 0 Å². The number of nitrogens with one attached hydrogen (secondary N) is 1. The first kappa shape index (κ1) is 17.8. The maximum absolute atomic E-state index is 12.7. The summed E-state index contributed by atoms with van der Waals surface area (Å²) in [5.74, 6) is 0.837. The third-order valence-electron chi connectivity index (χ3n) is 4.84. The molecule has 0 aliphatic rings. The fourth-order valence-electron chi connectivity index (χ4n) is 3.34. The molecule has 0 spiro atoms. The van der Waals surface area contributed by atoms with Crippen LogP contribution >= 0.6 is 0 Å². The fraction of sp³-hybridized carbons (Fsp3) is 0.0435. The molecular formula is C23H17N5O2. The number of aromatic nitrogens is 4. The van der Waals surface area contributed by atoms with Crippen LogP contribution in [0, 0.1) is 6.92 Å². The number of rotatable bonds is 4. The summed E-state index contributed by atoms with van der Waals surface area (Å²) in [7, 11) is 0. The zero-order valence-electron chi connectivity index (χ0n) is 16.1. The summed E-state index contributed by atoms with van der Waals surface area (Å²) in [4.78, 5) is 21.6. The first-order chi connectivity index (χ1) is 14.7. The molecule has 7 nitrogen and oxygen atoms in total. The molecule has 3 aromatic heterocycles. The second-order valence-corrected chi connectivity index (χ2v) is 6.81. The highest BCUT2D eigenvalue weighted by atomic mass is 16.5. The van der Waals surface area contributed by atoms with E-state index in [0.29, 0.717) is 17.2 Å². The Morgan fingerprint density at radius 3 is 2.67 bits per heavy atom. The number of carbonyl (C=O) groups excluding carboxylic acids is 1. The van der Waals surface area contributed by atoms with Crippen LogP contribution in [0.25, 0.3) is 28.4 Å². The van der Waals surface area contributed by atoms with E-state index in [1.807, 2.05) is 78.2 Å². The van der Waals surface area contributed by atoms with Crippen molar-refractivity contribution >= 4 is 17.4 Å². The first-order valence-corrected chi connectivity index (χ1v) is 9.42. The van der Waals surface area contributed by atoms with Crippen LogP contribution in [0.15, 0.2) is 83.6 Å². The Labute approximate surface area is 172 Å². The van der Waals surface area contributed by atoms with Crippen LogP contribution in [0.5, 0.6) is 0 Å². The molecule has 0 atom stereocenters. The quantitative estimate of drug-likeness (QED) is 0.480. The predicted octanol–water partition coefficient (Wildman–Crippen LogP) is 4.61. The summed E-state index contributed by atoms with van der Waals surface area (Å²) in [6.07, 6.45) is 3.64. The molecule has 5 aromatic rings. The number of benzene rings is 2. The van der Waals surface area contributed by atoms with E-state index in [0.717, 1.165) is 22.5 Å². The lowest BCUT2D eigenvalue weighted by Crippen LogP contribution is -2.12. The van der Waals surface area contributed by atoms with Gasteiger partial charge in [-0.2, -0.15) is 0 Å². The third kappa shape index (κ3) is 3.22. The molecule has 1 amide bonds. The monoisotopic (exact) mass is 395 g/mol. The van der Waals surface area contributed by atoms with Gasteiger partial charge in [-0.15, -0.1) is 0 Å². The number of hydrogen-bond donors (Lipinski definition) is 1. The van der Waals surface area contributed by atoms with Crippen LogP contribution in [0.4, 0.5) is 5.69 Å². The van der Waals surface area contributed by atoms with Gasteiger partial charge in [-0.3, -0.25) is 9.20 Å². The number of nitrogens with zero attached hydrogens (tertiary/aromatic N) is 4. The molecule has 0 bridgehead atoms. The van der Waals surface area contributed by atoms with E-state index in [-0.39, 0.29) is 11.6 Å². The van der Waals surface area contributed by atoms with Gasteiger partial charge in [0.05, 0.1) is 5.69 Å². The maximum atomic E-state index is 12.7. The van der Waals surface area contributed by atoms with Crippen molar-refractivity contribution in [3.05, 3.63) is 90.5 Å². The number of aryl methyl sites for hydroxylation is 1. The summed E-state index contributed by atoms with van der Waals surface area (Å²) >= 11 is 0. The fourth-order valence-corrected chi connectivity index (χ4v) is 3.34. The van der Waals surface area contributed by atoms with Crippen molar-refractivity contribution in [2.24, 2.45) is 0 Å². The van der Waals surface area contributed by atoms with Crippen LogP contribution in [0.2, 0.25) is 0 Å². The lowest BCUT2D eigenvalue weighted by atomic mass is 10.1. The topological polar surface area (TPSA) is 85.3 Å². The average molecular weight is 395 g/mol. The van der Waals surface area contributed by atoms with E-state index >= 15 is 0 Å². The Morgan fingerprint density at radius 2 is 1.83 bits per heavy atom. The van der Waals surface area contributed by atoms with E-state index in [9.17, 15) is 4.79 Å². The average Bonchev–Trinajstić information content (AvgIpc) is 3.40. The number of fused-ring (bicyclic) bond motifs is 1. The van der Waals surface area contributed by atoms with Crippen LogP contribution < -0.4 is 5.32 Å². The third-order valence-corrected chi connectivity index (χ3v) is 4.84. The largest absolute Gasteiger partial charge is 0.355 e. The predicted molar refractivity (Wildman–Crippen MR) is 113 cm³/mol. The molecular weight excluding hydrogens is 378 g/mol. The number of carbonyl (C=O) groups is 1. The van der Waals surface area contributed by atoms with Gasteiger partial charge in [0.1, 0.15) is 0 Å². The van der Waals surface area contributed by atoms with Gasteiger partial charge in [-0.25, -0.2) is 9.97 Å². The molecule has 146 valence electrons. The van der Waals surface area contributed by atoms with Gasteiger partial charge in [0.15, 0.2) is 11.5 Å². The van der Waals surface area contributed by atoms with Crippen molar-refractivity contribution < 1.29 is 9.32 Å². The summed E-state index contributed by atoms with van der Waals surface area (Å²) in [5.41, 5.74) is 4.41. The Hall–Kier alpha value is -4.26. The molecule has 5 rings (SSSR count). The molecule has 30 heavy (non-hydrogen) atoms. The summed E-state index contributed by atoms with van der Waals surface area (Å²) in [5, 5.41) is 6.78. The van der Waals surface area contributed by atoms with Gasteiger partial charge in [-0.1, -0.05) is 47.6 Å². The van der Waals surface area contributed by atoms with Crippen molar-refractivity contribution in [3.8, 4) is 22.6 Å². The smallest absolute Gasteiger partial charge is 0.277 e. The number of imidazole rings is 1. The lowest BCUT2D eigenvalue weighted by molar-refractivity contribution is 0.101. The van der Waals surface area contributed by atoms with Crippen molar-refractivity contribution in [1.29, 1.82) is 0 Å². The molecule has 0 fully saturated rings. The second-order valence-electron chi connectivity index (χ2n) is 6.81. The minimum atomic E-state index is -0.341. The Kier molecular flexibility index (Phi) is 4.33. The highest BCUT2D eigenvalue weighted by Gasteiger charge is 2.15. The normalized spacial score (nSPS) is 11.0. The highest BCUT2D eigenvalue weighted by molar-refractivity contribution is 6.03. The van der Waals surface area contributed by atoms with Gasteiger partial charge in [0, 0.05) is 41.0 Å². The molecule has 0 radical (unpaired) electrons. The van der Waals surface area contributed by atoms with E-state index in [1.165, 1.54) is 0 Å². The van der Waals surface area contributed by atoms with Crippen molar-refractivity contribution in [1.82, 2.24) is 19.5 Å². The van der Waals surface area contributed by atoms with Crippen LogP contribution in [0.3, 0.4) is 0 Å². The first-order valence-electron chi connectivity index (χ1n) is 9.42. The number of amides is 1. The highest BCUT2D eigenvalue weighted by Crippen LogP contribution is 2.26. The van der Waals surface area contributed by atoms with Gasteiger partial charge < -0.3 is 9.84 Å². The molecule has 7 heteroatoms. The molecule has 0 unspecified atom stereocenters. The summed E-state index contributed by atoms with van der Waals surface area (Å²) in [6.45, 7) is 1.99. The molecule has 0 aliphatic carbocycles. The van der Waals surface area contributed by atoms with E-state index in [1.54, 1.807) is 12.3 Å². The zero-order chi connectivity index (χ0) is 20.5. The van der Waals surface area contributed by atoms with E-state index in [4.69, 9.17) is 4.52 Å². The minimum Gasteiger partial charge on any atom is -0.355 e. The molecule has 0 saturated heterocycles. The molecule has 2 aromatic carbocycles. The SMILES string of the molecule is Cc1c(-c2cccc(NC(=O)c3cc(-c4ccccc4)on3)c2)nc2ncccn12. The molecule has 3 heterocycles. The van der Waals surface area contributed by atoms with Gasteiger partial charge in [0.2, 0.25) is 5.78 Å². The second kappa shape index (κ2) is 7.29. The van der Waals surface area contributed by atoms with Gasteiger partial charge >= 0.3 is 0 Å². The van der Waals surface area contributed by atoms with Crippen LogP contribution in [0.1, 0.15) is 16.2 Å². The zero-order valence-corrected chi connectivity index (χ0v) is 16.1.